The van der Waals surface area contributed by atoms with Crippen molar-refractivity contribution in [1.29, 1.82) is 0 Å². The highest BCUT2D eigenvalue weighted by Crippen LogP contribution is 2.40. The number of ether oxygens (including phenoxy) is 2. The Hall–Kier alpha value is -3.97. The zero-order valence-corrected chi connectivity index (χ0v) is 19.8. The minimum atomic E-state index is -0.612. The van der Waals surface area contributed by atoms with Gasteiger partial charge < -0.3 is 9.47 Å². The van der Waals surface area contributed by atoms with Gasteiger partial charge >= 0.3 is 0 Å². The van der Waals surface area contributed by atoms with Crippen LogP contribution in [0.3, 0.4) is 0 Å². The molecule has 1 aliphatic heterocycles. The SMILES string of the molecule is COc1cc2cc(C3CC(c4ccccc4)=NN3C(=O)c3ccccc3F)c(Cl)nc2cc1OC. The highest BCUT2D eigenvalue weighted by Gasteiger charge is 2.36. The van der Waals surface area contributed by atoms with Crippen LogP contribution in [0.25, 0.3) is 10.9 Å². The second kappa shape index (κ2) is 9.35. The predicted molar refractivity (Wildman–Crippen MR) is 133 cm³/mol. The summed E-state index contributed by atoms with van der Waals surface area (Å²) in [6.07, 6.45) is 0.393. The number of hydrogen-bond acceptors (Lipinski definition) is 5. The fourth-order valence-corrected chi connectivity index (χ4v) is 4.50. The first kappa shape index (κ1) is 22.8. The van der Waals surface area contributed by atoms with Crippen LogP contribution in [0.5, 0.6) is 11.5 Å². The summed E-state index contributed by atoms with van der Waals surface area (Å²) in [6.45, 7) is 0. The van der Waals surface area contributed by atoms with Gasteiger partial charge in [0.05, 0.1) is 37.1 Å². The van der Waals surface area contributed by atoms with Gasteiger partial charge in [-0.2, -0.15) is 5.10 Å². The molecule has 3 aromatic carbocycles. The average molecular weight is 490 g/mol. The largest absolute Gasteiger partial charge is 0.493 e. The zero-order chi connectivity index (χ0) is 24.5. The lowest BCUT2D eigenvalue weighted by Crippen LogP contribution is -2.28. The lowest BCUT2D eigenvalue weighted by atomic mass is 9.98. The Morgan fingerprint density at radius 3 is 2.40 bits per heavy atom. The molecule has 1 aliphatic rings. The van der Waals surface area contributed by atoms with Crippen LogP contribution < -0.4 is 9.47 Å². The molecule has 0 radical (unpaired) electrons. The Labute approximate surface area is 206 Å². The van der Waals surface area contributed by atoms with E-state index < -0.39 is 17.8 Å². The Balaban J connectivity index is 1.63. The molecule has 4 aromatic rings. The first-order valence-corrected chi connectivity index (χ1v) is 11.3. The van der Waals surface area contributed by atoms with Crippen LogP contribution >= 0.6 is 11.6 Å². The minimum Gasteiger partial charge on any atom is -0.493 e. The lowest BCUT2D eigenvalue weighted by Gasteiger charge is -2.23. The average Bonchev–Trinajstić information content (AvgIpc) is 3.33. The second-order valence-electron chi connectivity index (χ2n) is 8.03. The lowest BCUT2D eigenvalue weighted by molar-refractivity contribution is 0.0706. The normalized spacial score (nSPS) is 15.3. The van der Waals surface area contributed by atoms with E-state index in [1.165, 1.54) is 23.2 Å². The first-order chi connectivity index (χ1) is 17.0. The molecule has 5 rings (SSSR count). The molecule has 1 atom stereocenters. The molecule has 0 saturated carbocycles. The van der Waals surface area contributed by atoms with Crippen molar-refractivity contribution in [3.63, 3.8) is 0 Å². The molecule has 0 aliphatic carbocycles. The number of methoxy groups -OCH3 is 2. The van der Waals surface area contributed by atoms with Crippen LogP contribution in [0, 0.1) is 5.82 Å². The molecule has 0 fully saturated rings. The molecule has 1 aromatic heterocycles. The van der Waals surface area contributed by atoms with E-state index in [1.807, 2.05) is 36.4 Å². The van der Waals surface area contributed by atoms with Crippen molar-refractivity contribution < 1.29 is 18.7 Å². The smallest absolute Gasteiger partial charge is 0.277 e. The van der Waals surface area contributed by atoms with Crippen LogP contribution in [0.15, 0.2) is 77.9 Å². The van der Waals surface area contributed by atoms with E-state index in [-0.39, 0.29) is 10.7 Å². The number of amides is 1. The molecule has 0 N–H and O–H groups in total. The molecule has 0 saturated heterocycles. The molecular formula is C27H21ClFN3O3. The summed E-state index contributed by atoms with van der Waals surface area (Å²) >= 11 is 6.65. The zero-order valence-electron chi connectivity index (χ0n) is 19.0. The first-order valence-electron chi connectivity index (χ1n) is 10.9. The highest BCUT2D eigenvalue weighted by atomic mass is 35.5. The number of benzene rings is 3. The third-order valence-corrected chi connectivity index (χ3v) is 6.29. The van der Waals surface area contributed by atoms with Crippen LogP contribution in [0.1, 0.15) is 33.9 Å². The van der Waals surface area contributed by atoms with Crippen molar-refractivity contribution in [2.75, 3.05) is 14.2 Å². The molecule has 2 heterocycles. The third kappa shape index (κ3) is 4.19. The fourth-order valence-electron chi connectivity index (χ4n) is 4.23. The third-order valence-electron chi connectivity index (χ3n) is 5.99. The van der Waals surface area contributed by atoms with Gasteiger partial charge in [-0.1, -0.05) is 54.1 Å². The number of halogens is 2. The van der Waals surface area contributed by atoms with Gasteiger partial charge in [0.15, 0.2) is 11.5 Å². The Morgan fingerprint density at radius 1 is 1.00 bits per heavy atom. The summed E-state index contributed by atoms with van der Waals surface area (Å²) in [4.78, 5) is 18.0. The minimum absolute atomic E-state index is 0.0631. The van der Waals surface area contributed by atoms with Crippen LogP contribution in [-0.2, 0) is 0 Å². The van der Waals surface area contributed by atoms with Crippen molar-refractivity contribution in [2.45, 2.75) is 12.5 Å². The van der Waals surface area contributed by atoms with Gasteiger partial charge in [-0.3, -0.25) is 4.79 Å². The number of hydrogen-bond donors (Lipinski definition) is 0. The number of carbonyl (C=O) groups excluding carboxylic acids is 1. The van der Waals surface area contributed by atoms with Gasteiger partial charge in [-0.05, 0) is 29.8 Å². The number of rotatable bonds is 5. The molecule has 35 heavy (non-hydrogen) atoms. The molecule has 0 bridgehead atoms. The quantitative estimate of drug-likeness (QED) is 0.321. The topological polar surface area (TPSA) is 64.0 Å². The van der Waals surface area contributed by atoms with E-state index >= 15 is 0 Å². The molecule has 1 unspecified atom stereocenters. The Bertz CT molecular complexity index is 1460. The molecule has 176 valence electrons. The number of fused-ring (bicyclic) bond motifs is 1. The summed E-state index contributed by atoms with van der Waals surface area (Å²) in [5.41, 5.74) is 2.73. The van der Waals surface area contributed by atoms with Crippen molar-refractivity contribution in [3.8, 4) is 11.5 Å². The van der Waals surface area contributed by atoms with E-state index in [0.29, 0.717) is 34.7 Å². The van der Waals surface area contributed by atoms with E-state index in [2.05, 4.69) is 10.1 Å². The van der Waals surface area contributed by atoms with Gasteiger partial charge in [0.25, 0.3) is 5.91 Å². The summed E-state index contributed by atoms with van der Waals surface area (Å²) < 4.78 is 25.3. The number of pyridine rings is 1. The Kier molecular flexibility index (Phi) is 6.09. The van der Waals surface area contributed by atoms with E-state index in [1.54, 1.807) is 32.4 Å². The van der Waals surface area contributed by atoms with E-state index in [4.69, 9.17) is 21.1 Å². The van der Waals surface area contributed by atoms with E-state index in [0.717, 1.165) is 10.9 Å². The number of carbonyl (C=O) groups is 1. The molecule has 8 heteroatoms. The van der Waals surface area contributed by atoms with Gasteiger partial charge in [-0.15, -0.1) is 0 Å². The molecule has 0 spiro atoms. The maximum Gasteiger partial charge on any atom is 0.277 e. The van der Waals surface area contributed by atoms with Gasteiger partial charge in [-0.25, -0.2) is 14.4 Å². The van der Waals surface area contributed by atoms with Crippen molar-refractivity contribution in [2.24, 2.45) is 5.10 Å². The molecule has 1 amide bonds. The Morgan fingerprint density at radius 2 is 1.69 bits per heavy atom. The highest BCUT2D eigenvalue weighted by molar-refractivity contribution is 6.30. The summed E-state index contributed by atoms with van der Waals surface area (Å²) in [6, 6.07) is 20.2. The van der Waals surface area contributed by atoms with Gasteiger partial charge in [0.2, 0.25) is 0 Å². The number of hydrazone groups is 1. The number of nitrogens with zero attached hydrogens (tertiary/aromatic N) is 3. The number of aromatic nitrogens is 1. The van der Waals surface area contributed by atoms with E-state index in [9.17, 15) is 9.18 Å². The van der Waals surface area contributed by atoms with Crippen LogP contribution in [0.4, 0.5) is 4.39 Å². The van der Waals surface area contributed by atoms with Crippen molar-refractivity contribution in [3.05, 3.63) is 100 Å². The summed E-state index contributed by atoms with van der Waals surface area (Å²) in [5, 5.41) is 6.91. The second-order valence-corrected chi connectivity index (χ2v) is 8.39. The van der Waals surface area contributed by atoms with Gasteiger partial charge in [0.1, 0.15) is 11.0 Å². The van der Waals surface area contributed by atoms with Crippen molar-refractivity contribution in [1.82, 2.24) is 9.99 Å². The maximum atomic E-state index is 14.5. The summed E-state index contributed by atoms with van der Waals surface area (Å²) in [5.74, 6) is -0.0908. The maximum absolute atomic E-state index is 14.5. The monoisotopic (exact) mass is 489 g/mol. The molecule has 6 nitrogen and oxygen atoms in total. The van der Waals surface area contributed by atoms with Crippen LogP contribution in [-0.4, -0.2) is 35.8 Å². The standard InChI is InChI=1S/C27H21ClFN3O3/c1-34-24-13-17-12-19(26(28)30-21(17)15-25(24)35-2)23-14-22(16-8-4-3-5-9-16)31-32(23)27(33)18-10-6-7-11-20(18)29/h3-13,15,23H,14H2,1-2H3. The van der Waals surface area contributed by atoms with Crippen LogP contribution in [0.2, 0.25) is 5.15 Å². The fraction of sp³-hybridized carbons (Fsp3) is 0.148. The molecular weight excluding hydrogens is 469 g/mol. The summed E-state index contributed by atoms with van der Waals surface area (Å²) in [7, 11) is 3.10. The van der Waals surface area contributed by atoms with Crippen molar-refractivity contribution >= 4 is 34.1 Å². The van der Waals surface area contributed by atoms with Gasteiger partial charge in [0, 0.05) is 23.4 Å². The predicted octanol–water partition coefficient (Wildman–Crippen LogP) is 6.04.